The molecule has 1 fully saturated rings. The first-order chi connectivity index (χ1) is 13.5. The lowest BCUT2D eigenvalue weighted by Crippen LogP contribution is -2.46. The van der Waals surface area contributed by atoms with Gasteiger partial charge in [0.05, 0.1) is 4.92 Å². The number of amides is 1. The quantitative estimate of drug-likeness (QED) is 0.589. The Morgan fingerprint density at radius 3 is 2.36 bits per heavy atom. The number of nitro benzene ring substituents is 1. The van der Waals surface area contributed by atoms with Crippen molar-refractivity contribution in [2.24, 2.45) is 0 Å². The van der Waals surface area contributed by atoms with Crippen LogP contribution in [-0.2, 0) is 0 Å². The number of hydrogen-bond donors (Lipinski definition) is 2. The third kappa shape index (κ3) is 4.40. The molecule has 0 aliphatic carbocycles. The highest BCUT2D eigenvalue weighted by molar-refractivity contribution is 6.05. The maximum absolute atomic E-state index is 12.5. The number of nitrogens with one attached hydrogen (secondary N) is 2. The van der Waals surface area contributed by atoms with E-state index in [1.165, 1.54) is 12.1 Å². The van der Waals surface area contributed by atoms with Crippen LogP contribution in [0, 0.1) is 10.1 Å². The first-order valence-corrected chi connectivity index (χ1v) is 9.36. The standard InChI is InChI=1S/C20H25N5O3/c1-3-23-10-12-24(13-11-23)17-7-5-16(6-8-17)22-20(26)15-4-9-18(21-2)19(14-15)25(27)28/h4-9,14,21H,3,10-13H2,1-2H3,(H,22,26). The number of likely N-dealkylation sites (N-methyl/N-ethyl adjacent to an activating group) is 1. The van der Waals surface area contributed by atoms with Gasteiger partial charge in [0.1, 0.15) is 5.69 Å². The highest BCUT2D eigenvalue weighted by atomic mass is 16.6. The van der Waals surface area contributed by atoms with E-state index < -0.39 is 4.92 Å². The second kappa shape index (κ2) is 8.71. The van der Waals surface area contributed by atoms with Gasteiger partial charge >= 0.3 is 0 Å². The molecule has 1 aliphatic heterocycles. The van der Waals surface area contributed by atoms with Crippen LogP contribution in [0.2, 0.25) is 0 Å². The minimum absolute atomic E-state index is 0.128. The summed E-state index contributed by atoms with van der Waals surface area (Å²) in [6.07, 6.45) is 0. The van der Waals surface area contributed by atoms with Crippen molar-refractivity contribution in [2.75, 3.05) is 55.3 Å². The van der Waals surface area contributed by atoms with Gasteiger partial charge in [0.25, 0.3) is 11.6 Å². The highest BCUT2D eigenvalue weighted by Gasteiger charge is 2.18. The molecular weight excluding hydrogens is 358 g/mol. The van der Waals surface area contributed by atoms with Crippen molar-refractivity contribution in [3.63, 3.8) is 0 Å². The van der Waals surface area contributed by atoms with E-state index in [1.807, 2.05) is 24.3 Å². The molecule has 8 heteroatoms. The molecule has 28 heavy (non-hydrogen) atoms. The van der Waals surface area contributed by atoms with Crippen LogP contribution in [0.5, 0.6) is 0 Å². The number of carbonyl (C=O) groups excluding carboxylic acids is 1. The van der Waals surface area contributed by atoms with Crippen molar-refractivity contribution >= 4 is 28.7 Å². The van der Waals surface area contributed by atoms with E-state index >= 15 is 0 Å². The average Bonchev–Trinajstić information content (AvgIpc) is 2.73. The first-order valence-electron chi connectivity index (χ1n) is 9.36. The van der Waals surface area contributed by atoms with Gasteiger partial charge in [0.2, 0.25) is 0 Å². The number of nitrogens with zero attached hydrogens (tertiary/aromatic N) is 3. The van der Waals surface area contributed by atoms with Crippen molar-refractivity contribution in [3.05, 3.63) is 58.1 Å². The van der Waals surface area contributed by atoms with E-state index in [0.29, 0.717) is 11.4 Å². The molecule has 1 saturated heterocycles. The van der Waals surface area contributed by atoms with Gasteiger partial charge < -0.3 is 20.4 Å². The zero-order valence-electron chi connectivity index (χ0n) is 16.1. The van der Waals surface area contributed by atoms with Crippen LogP contribution in [0.25, 0.3) is 0 Å². The monoisotopic (exact) mass is 383 g/mol. The van der Waals surface area contributed by atoms with Crippen LogP contribution in [0.4, 0.5) is 22.7 Å². The van der Waals surface area contributed by atoms with Crippen LogP contribution >= 0.6 is 0 Å². The van der Waals surface area contributed by atoms with Crippen molar-refractivity contribution < 1.29 is 9.72 Å². The Hall–Kier alpha value is -3.13. The molecule has 8 nitrogen and oxygen atoms in total. The van der Waals surface area contributed by atoms with E-state index in [4.69, 9.17) is 0 Å². The number of nitro groups is 1. The first kappa shape index (κ1) is 19.6. The second-order valence-electron chi connectivity index (χ2n) is 6.66. The number of piperazine rings is 1. The third-order valence-electron chi connectivity index (χ3n) is 5.04. The zero-order chi connectivity index (χ0) is 20.1. The molecule has 3 rings (SSSR count). The van der Waals surface area contributed by atoms with Gasteiger partial charge in [-0.2, -0.15) is 0 Å². The normalized spacial score (nSPS) is 14.6. The fraction of sp³-hybridized carbons (Fsp3) is 0.350. The Morgan fingerprint density at radius 2 is 1.79 bits per heavy atom. The Balaban J connectivity index is 1.66. The average molecular weight is 383 g/mol. The van der Waals surface area contributed by atoms with Crippen LogP contribution < -0.4 is 15.5 Å². The number of hydrogen-bond acceptors (Lipinski definition) is 6. The molecule has 0 spiro atoms. The second-order valence-corrected chi connectivity index (χ2v) is 6.66. The topological polar surface area (TPSA) is 90.8 Å². The summed E-state index contributed by atoms with van der Waals surface area (Å²) in [5, 5.41) is 16.7. The molecule has 2 aromatic carbocycles. The lowest BCUT2D eigenvalue weighted by atomic mass is 10.1. The van der Waals surface area contributed by atoms with Crippen LogP contribution in [-0.4, -0.2) is 55.5 Å². The van der Waals surface area contributed by atoms with E-state index in [2.05, 4.69) is 27.4 Å². The highest BCUT2D eigenvalue weighted by Crippen LogP contribution is 2.26. The molecule has 0 unspecified atom stereocenters. The molecule has 1 amide bonds. The number of benzene rings is 2. The minimum Gasteiger partial charge on any atom is -0.383 e. The summed E-state index contributed by atoms with van der Waals surface area (Å²) in [6, 6.07) is 12.1. The van der Waals surface area contributed by atoms with Crippen molar-refractivity contribution in [1.29, 1.82) is 0 Å². The molecule has 0 saturated carbocycles. The maximum Gasteiger partial charge on any atom is 0.293 e. The van der Waals surface area contributed by atoms with Crippen molar-refractivity contribution in [1.82, 2.24) is 4.90 Å². The number of carbonyl (C=O) groups is 1. The van der Waals surface area contributed by atoms with Gasteiger partial charge in [-0.25, -0.2) is 0 Å². The fourth-order valence-corrected chi connectivity index (χ4v) is 3.32. The molecule has 1 aliphatic rings. The lowest BCUT2D eigenvalue weighted by molar-refractivity contribution is -0.384. The molecule has 2 aromatic rings. The smallest absolute Gasteiger partial charge is 0.293 e. The minimum atomic E-state index is -0.504. The summed E-state index contributed by atoms with van der Waals surface area (Å²) in [5.74, 6) is -0.380. The largest absolute Gasteiger partial charge is 0.383 e. The molecule has 0 radical (unpaired) electrons. The van der Waals surface area contributed by atoms with E-state index in [9.17, 15) is 14.9 Å². The zero-order valence-corrected chi connectivity index (χ0v) is 16.1. The third-order valence-corrected chi connectivity index (χ3v) is 5.04. The summed E-state index contributed by atoms with van der Waals surface area (Å²) < 4.78 is 0. The lowest BCUT2D eigenvalue weighted by Gasteiger charge is -2.35. The van der Waals surface area contributed by atoms with Gasteiger partial charge in [0.15, 0.2) is 0 Å². The Bertz CT molecular complexity index is 845. The fourth-order valence-electron chi connectivity index (χ4n) is 3.32. The molecule has 148 valence electrons. The van der Waals surface area contributed by atoms with Crippen molar-refractivity contribution in [2.45, 2.75) is 6.92 Å². The van der Waals surface area contributed by atoms with E-state index in [0.717, 1.165) is 38.4 Å². The van der Waals surface area contributed by atoms with E-state index in [-0.39, 0.29) is 17.2 Å². The molecular formula is C20H25N5O3. The Labute approximate surface area is 164 Å². The van der Waals surface area contributed by atoms with Gasteiger partial charge in [0, 0.05) is 56.2 Å². The number of rotatable bonds is 6. The van der Waals surface area contributed by atoms with Gasteiger partial charge in [-0.15, -0.1) is 0 Å². The summed E-state index contributed by atoms with van der Waals surface area (Å²) in [6.45, 7) is 7.33. The Morgan fingerprint density at radius 1 is 1.11 bits per heavy atom. The Kier molecular flexibility index (Phi) is 6.10. The predicted octanol–water partition coefficient (Wildman–Crippen LogP) is 3.03. The predicted molar refractivity (Wildman–Crippen MR) is 111 cm³/mol. The molecule has 2 N–H and O–H groups in total. The molecule has 1 heterocycles. The van der Waals surface area contributed by atoms with Gasteiger partial charge in [-0.3, -0.25) is 14.9 Å². The molecule has 0 aromatic heterocycles. The molecule has 0 bridgehead atoms. The van der Waals surface area contributed by atoms with E-state index in [1.54, 1.807) is 13.1 Å². The van der Waals surface area contributed by atoms with Crippen molar-refractivity contribution in [3.8, 4) is 0 Å². The van der Waals surface area contributed by atoms with Crippen LogP contribution in [0.3, 0.4) is 0 Å². The van der Waals surface area contributed by atoms with Gasteiger partial charge in [-0.1, -0.05) is 6.92 Å². The summed E-state index contributed by atoms with van der Waals surface area (Å²) in [7, 11) is 1.60. The van der Waals surface area contributed by atoms with Crippen LogP contribution in [0.1, 0.15) is 17.3 Å². The SMILES string of the molecule is CCN1CCN(c2ccc(NC(=O)c3ccc(NC)c([N+](=O)[O-])c3)cc2)CC1. The van der Waals surface area contributed by atoms with Crippen LogP contribution in [0.15, 0.2) is 42.5 Å². The summed E-state index contributed by atoms with van der Waals surface area (Å²) in [5.41, 5.74) is 2.26. The molecule has 0 atom stereocenters. The summed E-state index contributed by atoms with van der Waals surface area (Å²) in [4.78, 5) is 27.9. The number of anilines is 3. The van der Waals surface area contributed by atoms with Gasteiger partial charge in [-0.05, 0) is 42.9 Å². The summed E-state index contributed by atoms with van der Waals surface area (Å²) >= 11 is 0. The maximum atomic E-state index is 12.5.